The van der Waals surface area contributed by atoms with Crippen molar-refractivity contribution in [3.63, 3.8) is 0 Å². The van der Waals surface area contributed by atoms with E-state index in [1.807, 2.05) is 0 Å². The van der Waals surface area contributed by atoms with Crippen LogP contribution in [0.3, 0.4) is 0 Å². The lowest BCUT2D eigenvalue weighted by atomic mass is 10.1. The van der Waals surface area contributed by atoms with Crippen LogP contribution in [0.2, 0.25) is 0 Å². The van der Waals surface area contributed by atoms with Gasteiger partial charge in [-0.2, -0.15) is 5.10 Å². The molecule has 2 heterocycles. The molecule has 0 aliphatic carbocycles. The maximum atomic E-state index is 13.8. The number of nitrogens with one attached hydrogen (secondary N) is 1. The van der Waals surface area contributed by atoms with E-state index in [-0.39, 0.29) is 10.6 Å². The topological polar surface area (TPSA) is 76.9 Å². The van der Waals surface area contributed by atoms with Crippen LogP contribution in [0, 0.1) is 5.82 Å². The van der Waals surface area contributed by atoms with Crippen molar-refractivity contribution in [2.24, 2.45) is 0 Å². The van der Waals surface area contributed by atoms with Gasteiger partial charge in [-0.05, 0) is 36.8 Å². The number of rotatable bonds is 5. The Balaban J connectivity index is 1.85. The first-order valence-corrected chi connectivity index (χ1v) is 8.67. The molecule has 0 amide bonds. The Kier molecular flexibility index (Phi) is 4.41. The molecule has 0 saturated carbocycles. The van der Waals surface area contributed by atoms with Gasteiger partial charge in [-0.1, -0.05) is 12.1 Å². The third-order valence-electron chi connectivity index (χ3n) is 3.51. The molecule has 1 atom stereocenters. The Hall–Kier alpha value is -2.58. The van der Waals surface area contributed by atoms with Crippen LogP contribution in [-0.2, 0) is 10.0 Å². The van der Waals surface area contributed by atoms with Gasteiger partial charge in [0.2, 0.25) is 10.0 Å². The summed E-state index contributed by atoms with van der Waals surface area (Å²) in [6, 6.07) is 9.04. The predicted molar refractivity (Wildman–Crippen MR) is 86.5 cm³/mol. The molecular formula is C16H15FN4O2S. The van der Waals surface area contributed by atoms with Gasteiger partial charge in [-0.25, -0.2) is 22.2 Å². The Labute approximate surface area is 139 Å². The zero-order valence-corrected chi connectivity index (χ0v) is 13.6. The number of sulfonamides is 1. The summed E-state index contributed by atoms with van der Waals surface area (Å²) in [4.78, 5) is 3.87. The Morgan fingerprint density at radius 1 is 1.17 bits per heavy atom. The number of para-hydroxylation sites is 1. The van der Waals surface area contributed by atoms with Gasteiger partial charge in [0.25, 0.3) is 0 Å². The minimum absolute atomic E-state index is 0.0355. The van der Waals surface area contributed by atoms with E-state index in [2.05, 4.69) is 14.8 Å². The number of hydrogen-bond donors (Lipinski definition) is 1. The summed E-state index contributed by atoms with van der Waals surface area (Å²) in [6.07, 6.45) is 5.65. The van der Waals surface area contributed by atoms with Crippen LogP contribution in [0.25, 0.3) is 5.69 Å². The number of nitrogens with zero attached hydrogens (tertiary/aromatic N) is 3. The van der Waals surface area contributed by atoms with Crippen molar-refractivity contribution >= 4 is 10.0 Å². The summed E-state index contributed by atoms with van der Waals surface area (Å²) >= 11 is 0. The first-order chi connectivity index (χ1) is 11.5. The number of benzene rings is 1. The van der Waals surface area contributed by atoms with Gasteiger partial charge < -0.3 is 0 Å². The van der Waals surface area contributed by atoms with E-state index in [1.165, 1.54) is 29.2 Å². The Bertz CT molecular complexity index is 941. The average molecular weight is 346 g/mol. The summed E-state index contributed by atoms with van der Waals surface area (Å²) in [7, 11) is -3.78. The molecule has 0 radical (unpaired) electrons. The van der Waals surface area contributed by atoms with E-state index in [0.29, 0.717) is 0 Å². The van der Waals surface area contributed by atoms with Crippen molar-refractivity contribution in [1.82, 2.24) is 19.5 Å². The van der Waals surface area contributed by atoms with Crippen LogP contribution in [0.5, 0.6) is 0 Å². The first kappa shape index (κ1) is 16.3. The first-order valence-electron chi connectivity index (χ1n) is 7.19. The fourth-order valence-electron chi connectivity index (χ4n) is 2.24. The maximum Gasteiger partial charge on any atom is 0.244 e. The minimum atomic E-state index is -3.78. The van der Waals surface area contributed by atoms with E-state index in [4.69, 9.17) is 0 Å². The van der Waals surface area contributed by atoms with Crippen molar-refractivity contribution in [3.05, 3.63) is 72.6 Å². The van der Waals surface area contributed by atoms with Crippen molar-refractivity contribution in [2.45, 2.75) is 17.9 Å². The Morgan fingerprint density at radius 2 is 1.88 bits per heavy atom. The highest BCUT2D eigenvalue weighted by atomic mass is 32.2. The van der Waals surface area contributed by atoms with Crippen molar-refractivity contribution in [1.29, 1.82) is 0 Å². The molecule has 124 valence electrons. The van der Waals surface area contributed by atoms with Gasteiger partial charge in [-0.15, -0.1) is 0 Å². The maximum absolute atomic E-state index is 13.8. The SMILES string of the molecule is CC(NS(=O)(=O)c1cnn(-c2ccccc2F)c1)c1ccncc1. The van der Waals surface area contributed by atoms with Gasteiger partial charge in [0.1, 0.15) is 16.4 Å². The molecule has 0 bridgehead atoms. The van der Waals surface area contributed by atoms with Gasteiger partial charge in [0.05, 0.1) is 12.4 Å². The lowest BCUT2D eigenvalue weighted by Gasteiger charge is -2.13. The van der Waals surface area contributed by atoms with Gasteiger partial charge in [0, 0.05) is 18.4 Å². The van der Waals surface area contributed by atoms with Gasteiger partial charge >= 0.3 is 0 Å². The van der Waals surface area contributed by atoms with Gasteiger partial charge in [0.15, 0.2) is 0 Å². The number of halogens is 1. The summed E-state index contributed by atoms with van der Waals surface area (Å²) in [6.45, 7) is 1.73. The lowest BCUT2D eigenvalue weighted by molar-refractivity contribution is 0.566. The van der Waals surface area contributed by atoms with Crippen molar-refractivity contribution < 1.29 is 12.8 Å². The van der Waals surface area contributed by atoms with E-state index in [1.54, 1.807) is 43.6 Å². The van der Waals surface area contributed by atoms with E-state index in [0.717, 1.165) is 5.56 Å². The van der Waals surface area contributed by atoms with E-state index in [9.17, 15) is 12.8 Å². The Morgan fingerprint density at radius 3 is 2.58 bits per heavy atom. The van der Waals surface area contributed by atoms with Crippen molar-refractivity contribution in [2.75, 3.05) is 0 Å². The molecule has 0 aliphatic rings. The molecule has 3 rings (SSSR count). The van der Waals surface area contributed by atoms with Crippen LogP contribution in [-0.4, -0.2) is 23.2 Å². The summed E-state index contributed by atoms with van der Waals surface area (Å²) < 4.78 is 42.5. The van der Waals surface area contributed by atoms with Crippen LogP contribution in [0.1, 0.15) is 18.5 Å². The fraction of sp³-hybridized carbons (Fsp3) is 0.125. The molecule has 1 N–H and O–H groups in total. The lowest BCUT2D eigenvalue weighted by Crippen LogP contribution is -2.26. The number of aromatic nitrogens is 3. The van der Waals surface area contributed by atoms with E-state index < -0.39 is 21.9 Å². The molecule has 0 saturated heterocycles. The molecule has 1 unspecified atom stereocenters. The predicted octanol–water partition coefficient (Wildman–Crippen LogP) is 2.45. The highest BCUT2D eigenvalue weighted by Gasteiger charge is 2.21. The standard InChI is InChI=1S/C16H15FN4O2S/c1-12(13-6-8-18-9-7-13)20-24(22,23)14-10-19-21(11-14)16-5-3-2-4-15(16)17/h2-12,20H,1H3. The minimum Gasteiger partial charge on any atom is -0.265 e. The van der Waals surface area contributed by atoms with Gasteiger partial charge in [-0.3, -0.25) is 4.98 Å². The van der Waals surface area contributed by atoms with Crippen LogP contribution in [0.15, 0.2) is 66.1 Å². The molecule has 0 spiro atoms. The van der Waals surface area contributed by atoms with E-state index >= 15 is 0 Å². The molecule has 8 heteroatoms. The molecule has 2 aromatic heterocycles. The third-order valence-corrected chi connectivity index (χ3v) is 5.00. The molecule has 0 fully saturated rings. The largest absolute Gasteiger partial charge is 0.265 e. The zero-order valence-electron chi connectivity index (χ0n) is 12.8. The highest BCUT2D eigenvalue weighted by molar-refractivity contribution is 7.89. The molecule has 0 aliphatic heterocycles. The fourth-order valence-corrected chi connectivity index (χ4v) is 3.40. The van der Waals surface area contributed by atoms with Crippen LogP contribution < -0.4 is 4.72 Å². The number of hydrogen-bond acceptors (Lipinski definition) is 4. The highest BCUT2D eigenvalue weighted by Crippen LogP contribution is 2.18. The zero-order chi connectivity index (χ0) is 17.2. The molecule has 6 nitrogen and oxygen atoms in total. The normalized spacial score (nSPS) is 12.9. The molecule has 3 aromatic rings. The van der Waals surface area contributed by atoms with Crippen LogP contribution in [0.4, 0.5) is 4.39 Å². The van der Waals surface area contributed by atoms with Crippen molar-refractivity contribution in [3.8, 4) is 5.69 Å². The molecule has 24 heavy (non-hydrogen) atoms. The third kappa shape index (κ3) is 3.34. The smallest absolute Gasteiger partial charge is 0.244 e. The second kappa shape index (κ2) is 6.50. The summed E-state index contributed by atoms with van der Waals surface area (Å²) in [5.41, 5.74) is 0.969. The summed E-state index contributed by atoms with van der Waals surface area (Å²) in [5.74, 6) is -0.484. The molecule has 1 aromatic carbocycles. The average Bonchev–Trinajstić information content (AvgIpc) is 3.06. The quantitative estimate of drug-likeness (QED) is 0.770. The second-order valence-corrected chi connectivity index (χ2v) is 6.91. The second-order valence-electron chi connectivity index (χ2n) is 5.20. The van der Waals surface area contributed by atoms with Crippen LogP contribution >= 0.6 is 0 Å². The monoisotopic (exact) mass is 346 g/mol. The molecular weight excluding hydrogens is 331 g/mol. The summed E-state index contributed by atoms with van der Waals surface area (Å²) in [5, 5.41) is 3.94. The number of pyridine rings is 1.